The zero-order valence-electron chi connectivity index (χ0n) is 10.8. The van der Waals surface area contributed by atoms with Gasteiger partial charge in [-0.15, -0.1) is 0 Å². The minimum Gasteiger partial charge on any atom is -0.316 e. The van der Waals surface area contributed by atoms with Gasteiger partial charge in [0.05, 0.1) is 5.75 Å². The van der Waals surface area contributed by atoms with Crippen molar-refractivity contribution in [1.29, 1.82) is 0 Å². The molecule has 100 valence electrons. The Kier molecular flexibility index (Phi) is 5.13. The molecule has 0 aromatic carbocycles. The van der Waals surface area contributed by atoms with Crippen molar-refractivity contribution in [2.75, 3.05) is 24.6 Å². The third-order valence-electron chi connectivity index (χ3n) is 3.57. The van der Waals surface area contributed by atoms with Crippen LogP contribution in [-0.2, 0) is 14.6 Å². The summed E-state index contributed by atoms with van der Waals surface area (Å²) in [7, 11) is -2.93. The van der Waals surface area contributed by atoms with Crippen LogP contribution in [0.1, 0.15) is 39.5 Å². The van der Waals surface area contributed by atoms with Gasteiger partial charge in [0.25, 0.3) is 0 Å². The van der Waals surface area contributed by atoms with Crippen LogP contribution in [0.3, 0.4) is 0 Å². The first-order valence-corrected chi connectivity index (χ1v) is 8.16. The molecule has 1 heterocycles. The first-order chi connectivity index (χ1) is 7.90. The lowest BCUT2D eigenvalue weighted by atomic mass is 9.77. The Balaban J connectivity index is 2.39. The van der Waals surface area contributed by atoms with Gasteiger partial charge in [0.2, 0.25) is 0 Å². The van der Waals surface area contributed by atoms with E-state index in [0.717, 1.165) is 25.9 Å². The second kappa shape index (κ2) is 5.96. The maximum atomic E-state index is 12.1. The Bertz CT molecular complexity index is 356. The van der Waals surface area contributed by atoms with Crippen molar-refractivity contribution in [2.45, 2.75) is 39.5 Å². The molecule has 0 saturated carbocycles. The Morgan fingerprint density at radius 3 is 2.65 bits per heavy atom. The van der Waals surface area contributed by atoms with E-state index in [1.807, 2.05) is 6.92 Å². The van der Waals surface area contributed by atoms with Gasteiger partial charge >= 0.3 is 0 Å². The van der Waals surface area contributed by atoms with Crippen LogP contribution in [0.25, 0.3) is 0 Å². The molecule has 1 saturated heterocycles. The van der Waals surface area contributed by atoms with Crippen LogP contribution >= 0.6 is 0 Å². The summed E-state index contributed by atoms with van der Waals surface area (Å²) < 4.78 is 22.6. The van der Waals surface area contributed by atoms with Crippen molar-refractivity contribution in [3.05, 3.63) is 0 Å². The lowest BCUT2D eigenvalue weighted by Crippen LogP contribution is -2.43. The Hall–Kier alpha value is -0.420. The fourth-order valence-corrected chi connectivity index (χ4v) is 3.07. The monoisotopic (exact) mass is 261 g/mol. The zero-order chi connectivity index (χ0) is 12.9. The Labute approximate surface area is 104 Å². The van der Waals surface area contributed by atoms with Gasteiger partial charge in [-0.1, -0.05) is 13.8 Å². The normalized spacial score (nSPS) is 25.8. The second-order valence-corrected chi connectivity index (χ2v) is 7.58. The molecule has 1 unspecified atom stereocenters. The Morgan fingerprint density at radius 1 is 1.41 bits per heavy atom. The SMILES string of the molecule is CCS(=O)(=O)CCCC(=O)C1(C)CCCNC1. The van der Waals surface area contributed by atoms with Gasteiger partial charge in [0.15, 0.2) is 0 Å². The topological polar surface area (TPSA) is 63.2 Å². The third kappa shape index (κ3) is 4.39. The molecule has 1 N–H and O–H groups in total. The van der Waals surface area contributed by atoms with Gasteiger partial charge < -0.3 is 5.32 Å². The highest BCUT2D eigenvalue weighted by atomic mass is 32.2. The number of ketones is 1. The van der Waals surface area contributed by atoms with Crippen LogP contribution in [0.15, 0.2) is 0 Å². The smallest absolute Gasteiger partial charge is 0.150 e. The maximum absolute atomic E-state index is 12.1. The van der Waals surface area contributed by atoms with Crippen LogP contribution < -0.4 is 5.32 Å². The number of carbonyl (C=O) groups is 1. The van der Waals surface area contributed by atoms with Crippen molar-refractivity contribution in [1.82, 2.24) is 5.32 Å². The molecule has 5 heteroatoms. The largest absolute Gasteiger partial charge is 0.316 e. The number of Topliss-reactive ketones (excluding diaryl/α,β-unsaturated/α-hetero) is 1. The molecule has 1 fully saturated rings. The van der Waals surface area contributed by atoms with Crippen molar-refractivity contribution in [2.24, 2.45) is 5.41 Å². The molecule has 0 spiro atoms. The fourth-order valence-electron chi connectivity index (χ4n) is 2.19. The minimum absolute atomic E-state index is 0.138. The highest BCUT2D eigenvalue weighted by Crippen LogP contribution is 2.28. The van der Waals surface area contributed by atoms with E-state index in [1.54, 1.807) is 6.92 Å². The number of hydrogen-bond acceptors (Lipinski definition) is 4. The van der Waals surface area contributed by atoms with Crippen LogP contribution in [0.5, 0.6) is 0 Å². The van der Waals surface area contributed by atoms with E-state index in [4.69, 9.17) is 0 Å². The lowest BCUT2D eigenvalue weighted by molar-refractivity contribution is -0.128. The number of hydrogen-bond donors (Lipinski definition) is 1. The molecule has 0 aromatic rings. The van der Waals surface area contributed by atoms with Crippen molar-refractivity contribution in [3.8, 4) is 0 Å². The lowest BCUT2D eigenvalue weighted by Gasteiger charge is -2.32. The highest BCUT2D eigenvalue weighted by molar-refractivity contribution is 7.91. The fraction of sp³-hybridized carbons (Fsp3) is 0.917. The summed E-state index contributed by atoms with van der Waals surface area (Å²) in [6, 6.07) is 0. The quantitative estimate of drug-likeness (QED) is 0.779. The summed E-state index contributed by atoms with van der Waals surface area (Å²) in [4.78, 5) is 12.1. The van der Waals surface area contributed by atoms with Gasteiger partial charge in [0, 0.05) is 24.1 Å². The molecule has 1 aliphatic rings. The molecule has 0 amide bonds. The van der Waals surface area contributed by atoms with Crippen molar-refractivity contribution < 1.29 is 13.2 Å². The van der Waals surface area contributed by atoms with Crippen molar-refractivity contribution >= 4 is 15.6 Å². The van der Waals surface area contributed by atoms with Gasteiger partial charge in [-0.25, -0.2) is 8.42 Å². The molecule has 1 atom stereocenters. The van der Waals surface area contributed by atoms with Gasteiger partial charge in [0.1, 0.15) is 15.6 Å². The standard InChI is InChI=1S/C12H23NO3S/c1-3-17(15,16)9-4-6-11(14)12(2)7-5-8-13-10-12/h13H,3-10H2,1-2H3. The van der Waals surface area contributed by atoms with Crippen LogP contribution in [-0.4, -0.2) is 38.8 Å². The predicted octanol–water partition coefficient (Wildman–Crippen LogP) is 1.16. The molecule has 1 aliphatic heterocycles. The number of carbonyl (C=O) groups excluding carboxylic acids is 1. The van der Waals surface area contributed by atoms with E-state index in [0.29, 0.717) is 12.8 Å². The summed E-state index contributed by atoms with van der Waals surface area (Å²) in [5, 5.41) is 3.23. The maximum Gasteiger partial charge on any atom is 0.150 e. The van der Waals surface area contributed by atoms with E-state index in [-0.39, 0.29) is 22.7 Å². The summed E-state index contributed by atoms with van der Waals surface area (Å²) in [5.41, 5.74) is -0.284. The number of sulfone groups is 1. The number of piperidine rings is 1. The average molecular weight is 261 g/mol. The van der Waals surface area contributed by atoms with Crippen molar-refractivity contribution in [3.63, 3.8) is 0 Å². The van der Waals surface area contributed by atoms with Crippen LogP contribution in [0.4, 0.5) is 0 Å². The first-order valence-electron chi connectivity index (χ1n) is 6.34. The van der Waals surface area contributed by atoms with E-state index in [1.165, 1.54) is 0 Å². The van der Waals surface area contributed by atoms with Gasteiger partial charge in [-0.2, -0.15) is 0 Å². The third-order valence-corrected chi connectivity index (χ3v) is 5.36. The average Bonchev–Trinajstić information content (AvgIpc) is 2.29. The summed E-state index contributed by atoms with van der Waals surface area (Å²) in [6.45, 7) is 5.33. The first kappa shape index (κ1) is 14.6. The Morgan fingerprint density at radius 2 is 2.12 bits per heavy atom. The molecular formula is C12H23NO3S. The minimum atomic E-state index is -2.93. The molecule has 0 radical (unpaired) electrons. The molecule has 0 bridgehead atoms. The zero-order valence-corrected chi connectivity index (χ0v) is 11.6. The summed E-state index contributed by atoms with van der Waals surface area (Å²) in [5.74, 6) is 0.509. The number of nitrogens with one attached hydrogen (secondary N) is 1. The molecule has 0 aliphatic carbocycles. The predicted molar refractivity (Wildman–Crippen MR) is 68.8 cm³/mol. The number of rotatable bonds is 6. The second-order valence-electron chi connectivity index (χ2n) is 5.10. The molecular weight excluding hydrogens is 238 g/mol. The van der Waals surface area contributed by atoms with Gasteiger partial charge in [-0.05, 0) is 25.8 Å². The summed E-state index contributed by atoms with van der Waals surface area (Å²) >= 11 is 0. The highest BCUT2D eigenvalue weighted by Gasteiger charge is 2.33. The van der Waals surface area contributed by atoms with Crippen LogP contribution in [0.2, 0.25) is 0 Å². The van der Waals surface area contributed by atoms with Gasteiger partial charge in [-0.3, -0.25) is 4.79 Å². The van der Waals surface area contributed by atoms with E-state index >= 15 is 0 Å². The molecule has 17 heavy (non-hydrogen) atoms. The van der Waals surface area contributed by atoms with E-state index in [9.17, 15) is 13.2 Å². The van der Waals surface area contributed by atoms with E-state index in [2.05, 4.69) is 5.32 Å². The molecule has 4 nitrogen and oxygen atoms in total. The van der Waals surface area contributed by atoms with Crippen LogP contribution in [0, 0.1) is 5.41 Å². The molecule has 1 rings (SSSR count). The van der Waals surface area contributed by atoms with E-state index < -0.39 is 9.84 Å². The summed E-state index contributed by atoms with van der Waals surface area (Å²) in [6.07, 6.45) is 2.79. The molecule has 0 aromatic heterocycles.